The fourth-order valence-corrected chi connectivity index (χ4v) is 3.33. The molecule has 21 heavy (non-hydrogen) atoms. The van der Waals surface area contributed by atoms with Crippen molar-refractivity contribution in [2.75, 3.05) is 11.9 Å². The molecule has 1 aromatic carbocycles. The van der Waals surface area contributed by atoms with Gasteiger partial charge in [-0.05, 0) is 48.4 Å². The molecule has 0 bridgehead atoms. The van der Waals surface area contributed by atoms with E-state index in [4.69, 9.17) is 5.73 Å². The number of aromatic hydroxyl groups is 1. The molecule has 2 rings (SSSR count). The van der Waals surface area contributed by atoms with E-state index in [1.54, 1.807) is 36.2 Å². The lowest BCUT2D eigenvalue weighted by Crippen LogP contribution is -2.52. The highest BCUT2D eigenvalue weighted by molar-refractivity contribution is 5.95. The van der Waals surface area contributed by atoms with Gasteiger partial charge >= 0.3 is 0 Å². The molecular formula is C17H26N2O2. The molecule has 3 unspecified atom stereocenters. The van der Waals surface area contributed by atoms with Gasteiger partial charge in [-0.2, -0.15) is 0 Å². The Hall–Kier alpha value is -1.55. The number of carbonyl (C=O) groups excluding carboxylic acids is 1. The number of nitrogens with two attached hydrogens (primary N) is 1. The number of carbonyl (C=O) groups is 1. The van der Waals surface area contributed by atoms with Crippen LogP contribution in [-0.2, 0) is 4.79 Å². The van der Waals surface area contributed by atoms with Crippen LogP contribution in [0.2, 0.25) is 0 Å². The number of amides is 1. The predicted molar refractivity (Wildman–Crippen MR) is 85.2 cm³/mol. The zero-order chi connectivity index (χ0) is 15.8. The Labute approximate surface area is 126 Å². The van der Waals surface area contributed by atoms with Crippen LogP contribution in [0.25, 0.3) is 0 Å². The molecule has 1 aliphatic carbocycles. The molecule has 1 saturated carbocycles. The Kier molecular flexibility index (Phi) is 4.28. The molecule has 3 atom stereocenters. The molecule has 0 heterocycles. The van der Waals surface area contributed by atoms with Crippen LogP contribution in [0.15, 0.2) is 24.3 Å². The van der Waals surface area contributed by atoms with Gasteiger partial charge in [0.15, 0.2) is 0 Å². The third-order valence-corrected chi connectivity index (χ3v) is 5.37. The summed E-state index contributed by atoms with van der Waals surface area (Å²) < 4.78 is 0. The van der Waals surface area contributed by atoms with E-state index in [9.17, 15) is 9.90 Å². The maximum absolute atomic E-state index is 12.9. The summed E-state index contributed by atoms with van der Waals surface area (Å²) in [6.07, 6.45) is 1.73. The van der Waals surface area contributed by atoms with E-state index < -0.39 is 0 Å². The number of benzene rings is 1. The van der Waals surface area contributed by atoms with Crippen LogP contribution in [-0.4, -0.2) is 24.1 Å². The lowest BCUT2D eigenvalue weighted by atomic mass is 9.60. The molecule has 4 nitrogen and oxygen atoms in total. The zero-order valence-corrected chi connectivity index (χ0v) is 13.3. The first-order valence-corrected chi connectivity index (χ1v) is 7.57. The van der Waals surface area contributed by atoms with Crippen molar-refractivity contribution >= 4 is 11.6 Å². The van der Waals surface area contributed by atoms with Crippen LogP contribution in [0.5, 0.6) is 5.75 Å². The monoisotopic (exact) mass is 290 g/mol. The van der Waals surface area contributed by atoms with E-state index in [0.29, 0.717) is 5.92 Å². The van der Waals surface area contributed by atoms with E-state index in [2.05, 4.69) is 20.8 Å². The van der Waals surface area contributed by atoms with Crippen LogP contribution in [0.4, 0.5) is 5.69 Å². The highest BCUT2D eigenvalue weighted by atomic mass is 16.3. The van der Waals surface area contributed by atoms with Crippen molar-refractivity contribution in [1.29, 1.82) is 0 Å². The molecule has 3 N–H and O–H groups in total. The number of hydrogen-bond donors (Lipinski definition) is 2. The first-order chi connectivity index (χ1) is 9.75. The van der Waals surface area contributed by atoms with Crippen LogP contribution >= 0.6 is 0 Å². The molecule has 1 fully saturated rings. The van der Waals surface area contributed by atoms with Gasteiger partial charge in [-0.1, -0.05) is 20.8 Å². The van der Waals surface area contributed by atoms with Crippen molar-refractivity contribution in [3.8, 4) is 5.75 Å². The zero-order valence-electron chi connectivity index (χ0n) is 13.3. The van der Waals surface area contributed by atoms with Crippen molar-refractivity contribution < 1.29 is 9.90 Å². The Balaban J connectivity index is 2.21. The standard InChI is InChI=1S/C17H26N2O2/c1-11-15(18)10-9-14(17(11,2)3)16(21)19(4)12-5-7-13(20)8-6-12/h5-8,11,14-15,20H,9-10,18H2,1-4H3. The van der Waals surface area contributed by atoms with Crippen LogP contribution in [0, 0.1) is 17.3 Å². The summed E-state index contributed by atoms with van der Waals surface area (Å²) >= 11 is 0. The first kappa shape index (κ1) is 15.8. The number of hydrogen-bond acceptors (Lipinski definition) is 3. The molecule has 1 amide bonds. The van der Waals surface area contributed by atoms with E-state index in [1.165, 1.54) is 0 Å². The number of phenolic OH excluding ortho intramolecular Hbond substituents is 1. The smallest absolute Gasteiger partial charge is 0.230 e. The van der Waals surface area contributed by atoms with Gasteiger partial charge in [0.25, 0.3) is 0 Å². The van der Waals surface area contributed by atoms with Crippen molar-refractivity contribution in [1.82, 2.24) is 0 Å². The lowest BCUT2D eigenvalue weighted by molar-refractivity contribution is -0.129. The number of nitrogens with zero attached hydrogens (tertiary/aromatic N) is 1. The lowest BCUT2D eigenvalue weighted by Gasteiger charge is -2.47. The number of rotatable bonds is 2. The number of phenols is 1. The molecular weight excluding hydrogens is 264 g/mol. The maximum atomic E-state index is 12.9. The Morgan fingerprint density at radius 3 is 2.43 bits per heavy atom. The molecule has 0 radical (unpaired) electrons. The molecule has 0 aromatic heterocycles. The highest BCUT2D eigenvalue weighted by Gasteiger charge is 2.45. The topological polar surface area (TPSA) is 66.6 Å². The normalized spacial score (nSPS) is 28.1. The minimum Gasteiger partial charge on any atom is -0.508 e. The summed E-state index contributed by atoms with van der Waals surface area (Å²) in [5, 5.41) is 9.36. The molecule has 0 spiro atoms. The van der Waals surface area contributed by atoms with Gasteiger partial charge in [-0.25, -0.2) is 0 Å². The minimum atomic E-state index is -0.111. The van der Waals surface area contributed by atoms with E-state index in [-0.39, 0.29) is 29.0 Å². The first-order valence-electron chi connectivity index (χ1n) is 7.57. The molecule has 0 aliphatic heterocycles. The molecule has 116 valence electrons. The van der Waals surface area contributed by atoms with Crippen molar-refractivity contribution in [3.05, 3.63) is 24.3 Å². The second-order valence-corrected chi connectivity index (χ2v) is 6.82. The van der Waals surface area contributed by atoms with Crippen molar-refractivity contribution in [2.24, 2.45) is 23.0 Å². The van der Waals surface area contributed by atoms with E-state index >= 15 is 0 Å². The fraction of sp³-hybridized carbons (Fsp3) is 0.588. The average molecular weight is 290 g/mol. The third-order valence-electron chi connectivity index (χ3n) is 5.37. The molecule has 1 aromatic rings. The van der Waals surface area contributed by atoms with Crippen molar-refractivity contribution in [2.45, 2.75) is 39.7 Å². The van der Waals surface area contributed by atoms with Crippen LogP contribution in [0.3, 0.4) is 0 Å². The van der Waals surface area contributed by atoms with E-state index in [0.717, 1.165) is 18.5 Å². The number of anilines is 1. The summed E-state index contributed by atoms with van der Waals surface area (Å²) in [4.78, 5) is 14.6. The summed E-state index contributed by atoms with van der Waals surface area (Å²) in [6.45, 7) is 6.43. The van der Waals surface area contributed by atoms with Gasteiger partial charge in [0.05, 0.1) is 0 Å². The van der Waals surface area contributed by atoms with Gasteiger partial charge in [0.1, 0.15) is 5.75 Å². The SMILES string of the molecule is CC1C(N)CCC(C(=O)N(C)c2ccc(O)cc2)C1(C)C. The van der Waals surface area contributed by atoms with Crippen LogP contribution < -0.4 is 10.6 Å². The second-order valence-electron chi connectivity index (χ2n) is 6.82. The summed E-state index contributed by atoms with van der Waals surface area (Å²) in [5.74, 6) is 0.626. The second kappa shape index (κ2) is 5.68. The Morgan fingerprint density at radius 2 is 1.86 bits per heavy atom. The summed E-state index contributed by atoms with van der Waals surface area (Å²) in [5.41, 5.74) is 6.86. The van der Waals surface area contributed by atoms with Gasteiger partial charge < -0.3 is 15.7 Å². The molecule has 0 saturated heterocycles. The predicted octanol–water partition coefficient (Wildman–Crippen LogP) is 2.75. The quantitative estimate of drug-likeness (QED) is 0.880. The highest BCUT2D eigenvalue weighted by Crippen LogP contribution is 2.45. The van der Waals surface area contributed by atoms with Gasteiger partial charge in [0.2, 0.25) is 5.91 Å². The maximum Gasteiger partial charge on any atom is 0.230 e. The largest absolute Gasteiger partial charge is 0.508 e. The minimum absolute atomic E-state index is 0.0221. The third kappa shape index (κ3) is 2.91. The van der Waals surface area contributed by atoms with Gasteiger partial charge in [0, 0.05) is 24.7 Å². The summed E-state index contributed by atoms with van der Waals surface area (Å²) in [7, 11) is 1.80. The fourth-order valence-electron chi connectivity index (χ4n) is 3.33. The molecule has 4 heteroatoms. The van der Waals surface area contributed by atoms with Gasteiger partial charge in [-0.15, -0.1) is 0 Å². The van der Waals surface area contributed by atoms with Crippen molar-refractivity contribution in [3.63, 3.8) is 0 Å². The Bertz CT molecular complexity index is 510. The average Bonchev–Trinajstić information content (AvgIpc) is 2.44. The summed E-state index contributed by atoms with van der Waals surface area (Å²) in [6, 6.07) is 6.90. The van der Waals surface area contributed by atoms with E-state index in [1.807, 2.05) is 0 Å². The molecule has 1 aliphatic rings. The van der Waals surface area contributed by atoms with Gasteiger partial charge in [-0.3, -0.25) is 4.79 Å². The Morgan fingerprint density at radius 1 is 1.29 bits per heavy atom. The van der Waals surface area contributed by atoms with Crippen LogP contribution in [0.1, 0.15) is 33.6 Å².